The maximum Gasteiger partial charge on any atom is 0.304 e. The third-order valence-electron chi connectivity index (χ3n) is 1.97. The van der Waals surface area contributed by atoms with Crippen molar-refractivity contribution in [2.24, 2.45) is 0 Å². The molecule has 1 unspecified atom stereocenters. The topological polar surface area (TPSA) is 49.3 Å². The van der Waals surface area contributed by atoms with Gasteiger partial charge in [-0.3, -0.25) is 4.79 Å². The monoisotopic (exact) mass is 291 g/mol. The fraction of sp³-hybridized carbons (Fsp3) is 0.500. The molecule has 1 aromatic rings. The molecule has 84 valence electrons. The second kappa shape index (κ2) is 6.25. The molecule has 0 saturated heterocycles. The van der Waals surface area contributed by atoms with Crippen LogP contribution in [0.4, 0.5) is 0 Å². The number of aliphatic carboxylic acids is 1. The van der Waals surface area contributed by atoms with Crippen LogP contribution in [0.5, 0.6) is 0 Å². The van der Waals surface area contributed by atoms with E-state index in [1.807, 2.05) is 13.0 Å². The Hall–Kier alpha value is -0.390. The largest absolute Gasteiger partial charge is 0.481 e. The van der Waals surface area contributed by atoms with Gasteiger partial charge in [0.15, 0.2) is 0 Å². The minimum Gasteiger partial charge on any atom is -0.481 e. The number of nitrogens with one attached hydrogen (secondary N) is 1. The van der Waals surface area contributed by atoms with E-state index in [2.05, 4.69) is 27.3 Å². The van der Waals surface area contributed by atoms with E-state index in [-0.39, 0.29) is 12.5 Å². The normalized spacial score (nSPS) is 12.7. The van der Waals surface area contributed by atoms with Crippen molar-refractivity contribution >= 4 is 33.2 Å². The SMILES string of the molecule is CC(CC(=O)O)NCCc1ccc(Br)s1. The first-order valence-corrected chi connectivity index (χ1v) is 6.38. The van der Waals surface area contributed by atoms with Crippen molar-refractivity contribution in [3.8, 4) is 0 Å². The van der Waals surface area contributed by atoms with Gasteiger partial charge in [-0.1, -0.05) is 0 Å². The van der Waals surface area contributed by atoms with E-state index < -0.39 is 5.97 Å². The first-order valence-electron chi connectivity index (χ1n) is 4.77. The van der Waals surface area contributed by atoms with Crippen LogP contribution in [0.15, 0.2) is 15.9 Å². The summed E-state index contributed by atoms with van der Waals surface area (Å²) in [4.78, 5) is 11.7. The predicted octanol–water partition coefficient (Wildman–Crippen LogP) is 2.51. The summed E-state index contributed by atoms with van der Waals surface area (Å²) in [6.45, 7) is 2.71. The highest BCUT2D eigenvalue weighted by Gasteiger charge is 2.06. The highest BCUT2D eigenvalue weighted by atomic mass is 79.9. The van der Waals surface area contributed by atoms with Gasteiger partial charge in [-0.05, 0) is 41.4 Å². The van der Waals surface area contributed by atoms with Gasteiger partial charge in [0, 0.05) is 17.5 Å². The number of carbonyl (C=O) groups is 1. The summed E-state index contributed by atoms with van der Waals surface area (Å²) in [5.74, 6) is -0.756. The average molecular weight is 292 g/mol. The van der Waals surface area contributed by atoms with Crippen LogP contribution in [0.25, 0.3) is 0 Å². The molecule has 0 spiro atoms. The van der Waals surface area contributed by atoms with Crippen LogP contribution < -0.4 is 5.32 Å². The molecule has 1 rings (SSSR count). The third kappa shape index (κ3) is 5.30. The van der Waals surface area contributed by atoms with Crippen LogP contribution in [0.3, 0.4) is 0 Å². The summed E-state index contributed by atoms with van der Waals surface area (Å²) >= 11 is 5.12. The Bertz CT molecular complexity index is 327. The molecule has 2 N–H and O–H groups in total. The molecule has 0 fully saturated rings. The summed E-state index contributed by atoms with van der Waals surface area (Å²) in [5, 5.41) is 11.7. The summed E-state index contributed by atoms with van der Waals surface area (Å²) in [5.41, 5.74) is 0. The second-order valence-electron chi connectivity index (χ2n) is 3.41. The standard InChI is InChI=1S/C10H14BrNO2S/c1-7(6-10(13)14)12-5-4-8-2-3-9(11)15-8/h2-3,7,12H,4-6H2,1H3,(H,13,14). The zero-order valence-corrected chi connectivity index (χ0v) is 10.9. The van der Waals surface area contributed by atoms with Gasteiger partial charge in [0.05, 0.1) is 10.2 Å². The first-order chi connectivity index (χ1) is 7.08. The van der Waals surface area contributed by atoms with Crippen molar-refractivity contribution in [3.63, 3.8) is 0 Å². The smallest absolute Gasteiger partial charge is 0.304 e. The van der Waals surface area contributed by atoms with Gasteiger partial charge >= 0.3 is 5.97 Å². The number of thiophene rings is 1. The van der Waals surface area contributed by atoms with E-state index in [1.54, 1.807) is 11.3 Å². The van der Waals surface area contributed by atoms with Crippen molar-refractivity contribution in [2.45, 2.75) is 25.8 Å². The van der Waals surface area contributed by atoms with E-state index in [1.165, 1.54) is 4.88 Å². The fourth-order valence-corrected chi connectivity index (χ4v) is 2.74. The molecule has 3 nitrogen and oxygen atoms in total. The second-order valence-corrected chi connectivity index (χ2v) is 5.96. The number of rotatable bonds is 6. The van der Waals surface area contributed by atoms with E-state index in [9.17, 15) is 4.79 Å². The predicted molar refractivity (Wildman–Crippen MR) is 65.4 cm³/mol. The van der Waals surface area contributed by atoms with Gasteiger partial charge in [0.25, 0.3) is 0 Å². The van der Waals surface area contributed by atoms with Gasteiger partial charge in [0.2, 0.25) is 0 Å². The van der Waals surface area contributed by atoms with Crippen LogP contribution in [-0.2, 0) is 11.2 Å². The molecule has 0 saturated carbocycles. The Morgan fingerprint density at radius 2 is 2.40 bits per heavy atom. The van der Waals surface area contributed by atoms with Crippen molar-refractivity contribution in [3.05, 3.63) is 20.8 Å². The van der Waals surface area contributed by atoms with Gasteiger partial charge in [0.1, 0.15) is 0 Å². The number of carboxylic acids is 1. The zero-order valence-electron chi connectivity index (χ0n) is 8.50. The van der Waals surface area contributed by atoms with E-state index in [4.69, 9.17) is 5.11 Å². The highest BCUT2D eigenvalue weighted by molar-refractivity contribution is 9.11. The molecule has 0 aromatic carbocycles. The minimum atomic E-state index is -0.756. The lowest BCUT2D eigenvalue weighted by Crippen LogP contribution is -2.30. The summed E-state index contributed by atoms with van der Waals surface area (Å²) in [6.07, 6.45) is 1.12. The van der Waals surface area contributed by atoms with Gasteiger partial charge in [-0.15, -0.1) is 11.3 Å². The lowest BCUT2D eigenvalue weighted by Gasteiger charge is -2.10. The molecule has 0 aliphatic rings. The molecule has 15 heavy (non-hydrogen) atoms. The number of halogens is 1. The molecule has 0 aliphatic heterocycles. The molecule has 5 heteroatoms. The number of carboxylic acid groups (broad SMARTS) is 1. The summed E-state index contributed by atoms with van der Waals surface area (Å²) in [6, 6.07) is 4.14. The summed E-state index contributed by atoms with van der Waals surface area (Å²) < 4.78 is 1.14. The van der Waals surface area contributed by atoms with Crippen LogP contribution in [-0.4, -0.2) is 23.7 Å². The molecule has 0 amide bonds. The molecule has 0 bridgehead atoms. The van der Waals surface area contributed by atoms with E-state index >= 15 is 0 Å². The summed E-state index contributed by atoms with van der Waals surface area (Å²) in [7, 11) is 0. The third-order valence-corrected chi connectivity index (χ3v) is 3.66. The maximum atomic E-state index is 10.4. The molecule has 1 aromatic heterocycles. The van der Waals surface area contributed by atoms with Crippen LogP contribution in [0, 0.1) is 0 Å². The maximum absolute atomic E-state index is 10.4. The van der Waals surface area contributed by atoms with Crippen LogP contribution in [0.1, 0.15) is 18.2 Å². The lowest BCUT2D eigenvalue weighted by molar-refractivity contribution is -0.137. The fourth-order valence-electron chi connectivity index (χ4n) is 1.26. The Labute approximate surface area is 102 Å². The lowest BCUT2D eigenvalue weighted by atomic mass is 10.2. The molecular formula is C10H14BrNO2S. The number of hydrogen-bond acceptors (Lipinski definition) is 3. The van der Waals surface area contributed by atoms with Crippen molar-refractivity contribution < 1.29 is 9.90 Å². The molecule has 0 aliphatic carbocycles. The highest BCUT2D eigenvalue weighted by Crippen LogP contribution is 2.22. The van der Waals surface area contributed by atoms with E-state index in [0.29, 0.717) is 0 Å². The minimum absolute atomic E-state index is 0.0332. The molecule has 0 radical (unpaired) electrons. The Morgan fingerprint density at radius 3 is 2.93 bits per heavy atom. The Balaban J connectivity index is 2.18. The van der Waals surface area contributed by atoms with Crippen LogP contribution >= 0.6 is 27.3 Å². The van der Waals surface area contributed by atoms with Gasteiger partial charge in [-0.2, -0.15) is 0 Å². The first kappa shape index (κ1) is 12.7. The van der Waals surface area contributed by atoms with E-state index in [0.717, 1.165) is 16.8 Å². The van der Waals surface area contributed by atoms with Gasteiger partial charge in [-0.25, -0.2) is 0 Å². The van der Waals surface area contributed by atoms with Crippen LogP contribution in [0.2, 0.25) is 0 Å². The zero-order chi connectivity index (χ0) is 11.3. The molecular weight excluding hydrogens is 278 g/mol. The number of hydrogen-bond donors (Lipinski definition) is 2. The van der Waals surface area contributed by atoms with Crippen molar-refractivity contribution in [1.29, 1.82) is 0 Å². The quantitative estimate of drug-likeness (QED) is 0.847. The van der Waals surface area contributed by atoms with Crippen molar-refractivity contribution in [1.82, 2.24) is 5.32 Å². The van der Waals surface area contributed by atoms with Gasteiger partial charge < -0.3 is 10.4 Å². The molecule has 1 heterocycles. The Kier molecular flexibility index (Phi) is 5.28. The Morgan fingerprint density at radius 1 is 1.67 bits per heavy atom. The van der Waals surface area contributed by atoms with Crippen molar-refractivity contribution in [2.75, 3.05) is 6.54 Å². The average Bonchev–Trinajstić information content (AvgIpc) is 2.50. The molecule has 1 atom stereocenters.